The molecule has 1 aliphatic carbocycles. The fourth-order valence-electron chi connectivity index (χ4n) is 1.68. The molecule has 0 aliphatic heterocycles. The quantitative estimate of drug-likeness (QED) is 0.652. The Labute approximate surface area is 115 Å². The number of allylic oxidation sites excluding steroid dienone is 7. The molecule has 0 aromatic heterocycles. The summed E-state index contributed by atoms with van der Waals surface area (Å²) in [6, 6.07) is 3.60. The largest absolute Gasteiger partial charge is 0.796 e. The molecule has 0 saturated carbocycles. The van der Waals surface area contributed by atoms with Gasteiger partial charge in [-0.2, -0.15) is 0 Å². The number of benzene rings is 1. The van der Waals surface area contributed by atoms with Gasteiger partial charge in [-0.3, -0.25) is 0 Å². The van der Waals surface area contributed by atoms with E-state index in [-0.39, 0.29) is 22.8 Å². The van der Waals surface area contributed by atoms with E-state index in [4.69, 9.17) is 0 Å². The number of rotatable bonds is 4. The third-order valence-electron chi connectivity index (χ3n) is 2.58. The topological polar surface area (TPSA) is 49.7 Å². The maximum absolute atomic E-state index is 12.3. The van der Waals surface area contributed by atoms with Crippen molar-refractivity contribution in [1.29, 1.82) is 0 Å². The highest BCUT2D eigenvalue weighted by molar-refractivity contribution is 6.35. The second-order valence-corrected chi connectivity index (χ2v) is 4.00. The van der Waals surface area contributed by atoms with Crippen LogP contribution in [-0.2, 0) is 0 Å². The van der Waals surface area contributed by atoms with Crippen LogP contribution >= 0.6 is 0 Å². The second-order valence-electron chi connectivity index (χ2n) is 4.00. The zero-order valence-corrected chi connectivity index (χ0v) is 10.3. The van der Waals surface area contributed by atoms with Gasteiger partial charge >= 0.3 is 7.47 Å². The summed E-state index contributed by atoms with van der Waals surface area (Å²) in [7, 11) is -3.04. The number of aliphatic hydroxyl groups is 1. The lowest BCUT2D eigenvalue weighted by Gasteiger charge is -2.09. The molecule has 6 heteroatoms. The fraction of sp³-hybridized carbons (Fsp3) is 0. The lowest BCUT2D eigenvalue weighted by molar-refractivity contribution is 0.416. The first kappa shape index (κ1) is 13.9. The summed E-state index contributed by atoms with van der Waals surface area (Å²) in [6.45, 7) is 0. The van der Waals surface area contributed by atoms with Crippen molar-refractivity contribution in [2.75, 3.05) is 0 Å². The van der Waals surface area contributed by atoms with Crippen molar-refractivity contribution in [3.63, 3.8) is 0 Å². The van der Waals surface area contributed by atoms with E-state index >= 15 is 0 Å². The fourth-order valence-corrected chi connectivity index (χ4v) is 1.68. The van der Waals surface area contributed by atoms with Crippen molar-refractivity contribution in [3.8, 4) is 11.5 Å². The van der Waals surface area contributed by atoms with Crippen LogP contribution in [0, 0.1) is 0 Å². The van der Waals surface area contributed by atoms with E-state index in [2.05, 4.69) is 4.65 Å². The molecule has 1 aromatic rings. The smallest absolute Gasteiger partial charge is 0.508 e. The van der Waals surface area contributed by atoms with E-state index in [0.717, 1.165) is 11.6 Å². The molecule has 0 atom stereocenters. The number of aromatic hydroxyl groups is 1. The van der Waals surface area contributed by atoms with Crippen LogP contribution in [0.15, 0.2) is 60.2 Å². The third-order valence-corrected chi connectivity index (χ3v) is 2.58. The maximum Gasteiger partial charge on any atom is 0.796 e. The molecule has 1 aromatic carbocycles. The molecule has 0 fully saturated rings. The zero-order chi connectivity index (χ0) is 14.5. The van der Waals surface area contributed by atoms with Gasteiger partial charge in [-0.05, 0) is 23.8 Å². The third kappa shape index (κ3) is 3.51. The van der Waals surface area contributed by atoms with Crippen molar-refractivity contribution < 1.29 is 23.5 Å². The van der Waals surface area contributed by atoms with Gasteiger partial charge in [0.1, 0.15) is 17.3 Å². The highest BCUT2D eigenvalue weighted by Crippen LogP contribution is 2.29. The van der Waals surface area contributed by atoms with Crippen molar-refractivity contribution in [3.05, 3.63) is 65.8 Å². The molecule has 20 heavy (non-hydrogen) atoms. The summed E-state index contributed by atoms with van der Waals surface area (Å²) in [5, 5.41) is 19.2. The summed E-state index contributed by atoms with van der Waals surface area (Å²) < 4.78 is 28.9. The highest BCUT2D eigenvalue weighted by atomic mass is 19.2. The van der Waals surface area contributed by atoms with Crippen LogP contribution in [0.3, 0.4) is 0 Å². The zero-order valence-electron chi connectivity index (χ0n) is 10.3. The van der Waals surface area contributed by atoms with Crippen LogP contribution < -0.4 is 4.65 Å². The molecular weight excluding hydrogens is 265 g/mol. The van der Waals surface area contributed by atoms with E-state index in [1.54, 1.807) is 6.08 Å². The van der Waals surface area contributed by atoms with Crippen LogP contribution in [0.1, 0.15) is 5.56 Å². The summed E-state index contributed by atoms with van der Waals surface area (Å²) in [5.41, 5.74) is 0.942. The van der Waals surface area contributed by atoms with Gasteiger partial charge in [-0.25, -0.2) is 8.63 Å². The van der Waals surface area contributed by atoms with E-state index in [1.165, 1.54) is 18.2 Å². The average molecular weight is 276 g/mol. The van der Waals surface area contributed by atoms with E-state index in [9.17, 15) is 18.8 Å². The Morgan fingerprint density at radius 3 is 2.55 bits per heavy atom. The molecule has 2 N–H and O–H groups in total. The second kappa shape index (κ2) is 6.10. The molecule has 0 saturated heterocycles. The summed E-state index contributed by atoms with van der Waals surface area (Å²) in [5.74, 6) is -0.747. The lowest BCUT2D eigenvalue weighted by Crippen LogP contribution is -2.09. The van der Waals surface area contributed by atoms with Gasteiger partial charge in [0.05, 0.1) is 5.56 Å². The molecule has 102 valence electrons. The number of halogens is 2. The van der Waals surface area contributed by atoms with E-state index < -0.39 is 7.47 Å². The maximum atomic E-state index is 12.3. The minimum absolute atomic E-state index is 0.0749. The molecule has 0 unspecified atom stereocenters. The predicted molar refractivity (Wildman–Crippen MR) is 73.7 cm³/mol. The molecule has 0 amide bonds. The molecule has 1 aliphatic rings. The Hall–Kier alpha value is -2.50. The van der Waals surface area contributed by atoms with Gasteiger partial charge < -0.3 is 14.9 Å². The van der Waals surface area contributed by atoms with Crippen LogP contribution in [0.25, 0.3) is 5.76 Å². The van der Waals surface area contributed by atoms with Crippen molar-refractivity contribution >= 4 is 13.2 Å². The number of hydrogen-bond donors (Lipinski definition) is 2. The first-order valence-electron chi connectivity index (χ1n) is 5.80. The first-order valence-corrected chi connectivity index (χ1v) is 5.80. The Morgan fingerprint density at radius 2 is 1.90 bits per heavy atom. The van der Waals surface area contributed by atoms with Gasteiger partial charge in [0.25, 0.3) is 0 Å². The predicted octanol–water partition coefficient (Wildman–Crippen LogP) is 3.65. The van der Waals surface area contributed by atoms with Crippen LogP contribution in [-0.4, -0.2) is 17.7 Å². The monoisotopic (exact) mass is 276 g/mol. The Kier molecular flexibility index (Phi) is 4.25. The van der Waals surface area contributed by atoms with Crippen molar-refractivity contribution in [2.45, 2.75) is 0 Å². The normalized spacial score (nSPS) is 13.7. The van der Waals surface area contributed by atoms with Gasteiger partial charge in [0, 0.05) is 6.07 Å². The van der Waals surface area contributed by atoms with Gasteiger partial charge in [0.2, 0.25) is 0 Å². The Bertz CT molecular complexity index is 605. The number of aliphatic hydroxyl groups excluding tert-OH is 1. The molecule has 0 radical (unpaired) electrons. The van der Waals surface area contributed by atoms with E-state index in [1.807, 2.05) is 24.3 Å². The molecule has 0 heterocycles. The van der Waals surface area contributed by atoms with Gasteiger partial charge in [0.15, 0.2) is 0 Å². The number of phenolic OH excluding ortho intramolecular Hbond substituents is 1. The van der Waals surface area contributed by atoms with Crippen LogP contribution in [0.5, 0.6) is 11.5 Å². The minimum Gasteiger partial charge on any atom is -0.508 e. The Balaban J connectivity index is 2.31. The molecule has 0 spiro atoms. The highest BCUT2D eigenvalue weighted by Gasteiger charge is 2.21. The van der Waals surface area contributed by atoms with Gasteiger partial charge in [-0.15, -0.1) is 0 Å². The minimum atomic E-state index is -3.04. The number of phenols is 1. The first-order chi connectivity index (χ1) is 9.56. The van der Waals surface area contributed by atoms with E-state index in [0.29, 0.717) is 0 Å². The molecular formula is C14H11BF2O3. The lowest BCUT2D eigenvalue weighted by atomic mass is 10.1. The van der Waals surface area contributed by atoms with Crippen LogP contribution in [0.2, 0.25) is 0 Å². The summed E-state index contributed by atoms with van der Waals surface area (Å²) >= 11 is 0. The average Bonchev–Trinajstić information content (AvgIpc) is 2.88. The van der Waals surface area contributed by atoms with Crippen molar-refractivity contribution in [2.24, 2.45) is 0 Å². The van der Waals surface area contributed by atoms with Crippen molar-refractivity contribution in [1.82, 2.24) is 0 Å². The summed E-state index contributed by atoms with van der Waals surface area (Å²) in [4.78, 5) is 0. The Morgan fingerprint density at radius 1 is 1.20 bits per heavy atom. The van der Waals surface area contributed by atoms with Crippen LogP contribution in [0.4, 0.5) is 8.63 Å². The summed E-state index contributed by atoms with van der Waals surface area (Å²) in [6.07, 6.45) is 10.3. The molecule has 3 nitrogen and oxygen atoms in total. The number of hydrogen-bond acceptors (Lipinski definition) is 3. The van der Waals surface area contributed by atoms with Gasteiger partial charge in [-0.1, -0.05) is 30.4 Å². The standard InChI is InChI=1S/C14H11BF2O3/c16-15(17)20-14-9-11(18)6-7-12(14)13(19)8-5-10-3-1-2-4-10/h1-9,18-19H. The molecule has 0 bridgehead atoms. The SMILES string of the molecule is OC(=CC=C1C=CC=C1)c1ccc(O)cc1OB(F)F. The molecule has 2 rings (SSSR count).